The average molecular weight is 337 g/mol. The van der Waals surface area contributed by atoms with Crippen LogP contribution in [0.1, 0.15) is 0 Å². The predicted molar refractivity (Wildman–Crippen MR) is 99.4 cm³/mol. The topological polar surface area (TPSA) is 123 Å². The number of para-hydroxylation sites is 1. The molecule has 0 fully saturated rings. The van der Waals surface area contributed by atoms with Crippen LogP contribution < -0.4 is 32.6 Å². The number of nitrogens with zero attached hydrogens (tertiary/aromatic N) is 2. The summed E-state index contributed by atoms with van der Waals surface area (Å²) < 4.78 is 5.27. The Balaban J connectivity index is 2.06. The van der Waals surface area contributed by atoms with Gasteiger partial charge in [-0.2, -0.15) is 9.97 Å². The molecule has 0 aliphatic carbocycles. The third kappa shape index (κ3) is 3.60. The Morgan fingerprint density at radius 3 is 2.16 bits per heavy atom. The maximum atomic E-state index is 5.68. The zero-order valence-corrected chi connectivity index (χ0v) is 13.7. The number of anilines is 4. The molecule has 0 atom stereocenters. The number of hydrogen-bond acceptors (Lipinski definition) is 8. The van der Waals surface area contributed by atoms with E-state index in [-0.39, 0.29) is 0 Å². The van der Waals surface area contributed by atoms with Crippen molar-refractivity contribution in [3.05, 3.63) is 54.6 Å². The van der Waals surface area contributed by atoms with Crippen LogP contribution in [0.25, 0.3) is 11.1 Å². The molecule has 3 rings (SSSR count). The molecule has 0 spiro atoms. The van der Waals surface area contributed by atoms with Gasteiger partial charge in [-0.3, -0.25) is 0 Å². The van der Waals surface area contributed by atoms with Crippen LogP contribution in [0.3, 0.4) is 0 Å². The van der Waals surface area contributed by atoms with Gasteiger partial charge in [-0.15, -0.1) is 0 Å². The smallest absolute Gasteiger partial charge is 0.231 e. The minimum Gasteiger partial charge on any atom is -0.497 e. The van der Waals surface area contributed by atoms with Gasteiger partial charge in [0.15, 0.2) is 11.6 Å². The second-order valence-electron chi connectivity index (χ2n) is 5.13. The van der Waals surface area contributed by atoms with Gasteiger partial charge in [-0.05, 0) is 29.8 Å². The molecule has 0 bridgehead atoms. The van der Waals surface area contributed by atoms with Gasteiger partial charge in [0.25, 0.3) is 0 Å². The number of methoxy groups -OCH3 is 1. The van der Waals surface area contributed by atoms with Gasteiger partial charge in [0.2, 0.25) is 5.95 Å². The van der Waals surface area contributed by atoms with Crippen LogP contribution in [0.15, 0.2) is 54.6 Å². The highest BCUT2D eigenvalue weighted by Crippen LogP contribution is 2.35. The maximum Gasteiger partial charge on any atom is 0.231 e. The third-order valence-corrected chi connectivity index (χ3v) is 3.57. The maximum absolute atomic E-state index is 5.68. The molecule has 0 aliphatic rings. The second kappa shape index (κ2) is 7.47. The lowest BCUT2D eigenvalue weighted by Gasteiger charge is -2.15. The molecule has 0 saturated heterocycles. The van der Waals surface area contributed by atoms with Gasteiger partial charge in [-0.25, -0.2) is 11.7 Å². The summed E-state index contributed by atoms with van der Waals surface area (Å²) in [4.78, 5) is 8.86. The number of nitrogens with one attached hydrogen (secondary N) is 3. The Hall–Kier alpha value is -3.36. The van der Waals surface area contributed by atoms with Crippen molar-refractivity contribution in [2.24, 2.45) is 11.7 Å². The number of aromatic nitrogens is 2. The van der Waals surface area contributed by atoms with Crippen LogP contribution in [0.2, 0.25) is 0 Å². The molecule has 1 heterocycles. The van der Waals surface area contributed by atoms with E-state index in [0.29, 0.717) is 28.9 Å². The molecule has 7 N–H and O–H groups in total. The number of hydrogen-bond donors (Lipinski definition) is 5. The fourth-order valence-electron chi connectivity index (χ4n) is 2.43. The number of rotatable bonds is 6. The van der Waals surface area contributed by atoms with Crippen molar-refractivity contribution in [3.8, 4) is 16.9 Å². The van der Waals surface area contributed by atoms with Gasteiger partial charge < -0.3 is 20.9 Å². The highest BCUT2D eigenvalue weighted by Gasteiger charge is 2.16. The second-order valence-corrected chi connectivity index (χ2v) is 5.13. The third-order valence-electron chi connectivity index (χ3n) is 3.57. The standard InChI is InChI=1S/C17H19N7O/c1-25-13-9-5-6-11(10-13)14-15(23-18)21-17(22-16(14)24-19)20-12-7-3-2-4-8-12/h2-10H,18-19H2,1H3,(H3,20,21,22,23,24). The van der Waals surface area contributed by atoms with E-state index in [0.717, 1.165) is 11.3 Å². The van der Waals surface area contributed by atoms with Crippen molar-refractivity contribution < 1.29 is 4.74 Å². The minimum absolute atomic E-state index is 0.360. The molecule has 0 unspecified atom stereocenters. The fraction of sp³-hybridized carbons (Fsp3) is 0.0588. The number of benzene rings is 2. The van der Waals surface area contributed by atoms with Crippen molar-refractivity contribution >= 4 is 23.3 Å². The Kier molecular flexibility index (Phi) is 4.93. The van der Waals surface area contributed by atoms with Gasteiger partial charge in [0.05, 0.1) is 12.7 Å². The van der Waals surface area contributed by atoms with E-state index in [1.54, 1.807) is 7.11 Å². The summed E-state index contributed by atoms with van der Waals surface area (Å²) in [6, 6.07) is 17.0. The number of nitrogens with two attached hydrogens (primary N) is 2. The summed E-state index contributed by atoms with van der Waals surface area (Å²) >= 11 is 0. The quantitative estimate of drug-likeness (QED) is 0.343. The molecule has 25 heavy (non-hydrogen) atoms. The zero-order valence-electron chi connectivity index (χ0n) is 13.7. The lowest BCUT2D eigenvalue weighted by molar-refractivity contribution is 0.415. The highest BCUT2D eigenvalue weighted by atomic mass is 16.5. The predicted octanol–water partition coefficient (Wildman–Crippen LogP) is 2.47. The molecule has 0 saturated carbocycles. The van der Waals surface area contributed by atoms with Crippen LogP contribution in [0, 0.1) is 0 Å². The molecule has 0 amide bonds. The Bertz CT molecular complexity index is 830. The van der Waals surface area contributed by atoms with Crippen molar-refractivity contribution in [1.29, 1.82) is 0 Å². The van der Waals surface area contributed by atoms with Gasteiger partial charge in [-0.1, -0.05) is 30.3 Å². The molecule has 0 radical (unpaired) electrons. The summed E-state index contributed by atoms with van der Waals surface area (Å²) in [5.41, 5.74) is 7.51. The minimum atomic E-state index is 0.360. The lowest BCUT2D eigenvalue weighted by atomic mass is 10.1. The molecule has 1 aromatic heterocycles. The van der Waals surface area contributed by atoms with Crippen LogP contribution in [0.4, 0.5) is 23.3 Å². The van der Waals surface area contributed by atoms with E-state index in [2.05, 4.69) is 26.1 Å². The SMILES string of the molecule is COc1cccc(-c2c(NN)nc(Nc3ccccc3)nc2NN)c1. The van der Waals surface area contributed by atoms with Crippen molar-refractivity contribution in [2.45, 2.75) is 0 Å². The number of nitrogen functional groups attached to an aromatic ring is 2. The summed E-state index contributed by atoms with van der Waals surface area (Å²) in [5.74, 6) is 13.3. The molecule has 8 heteroatoms. The van der Waals surface area contributed by atoms with E-state index >= 15 is 0 Å². The number of ether oxygens (including phenoxy) is 1. The largest absolute Gasteiger partial charge is 0.497 e. The van der Waals surface area contributed by atoms with Crippen LogP contribution in [-0.4, -0.2) is 17.1 Å². The fourth-order valence-corrected chi connectivity index (χ4v) is 2.43. The summed E-state index contributed by atoms with van der Waals surface area (Å²) in [5, 5.41) is 3.12. The molecule has 2 aromatic carbocycles. The van der Waals surface area contributed by atoms with E-state index in [1.807, 2.05) is 54.6 Å². The lowest BCUT2D eigenvalue weighted by Crippen LogP contribution is -2.16. The summed E-state index contributed by atoms with van der Waals surface area (Å²) in [6.07, 6.45) is 0. The Morgan fingerprint density at radius 2 is 1.56 bits per heavy atom. The monoisotopic (exact) mass is 337 g/mol. The zero-order chi connectivity index (χ0) is 17.6. The molecular formula is C17H19N7O. The van der Waals surface area contributed by atoms with Gasteiger partial charge in [0, 0.05) is 5.69 Å². The van der Waals surface area contributed by atoms with E-state index in [9.17, 15) is 0 Å². The van der Waals surface area contributed by atoms with Crippen LogP contribution in [0.5, 0.6) is 5.75 Å². The molecule has 8 nitrogen and oxygen atoms in total. The average Bonchev–Trinajstić information content (AvgIpc) is 2.68. The number of hydrazine groups is 2. The first-order valence-corrected chi connectivity index (χ1v) is 7.57. The summed E-state index contributed by atoms with van der Waals surface area (Å²) in [6.45, 7) is 0. The van der Waals surface area contributed by atoms with Crippen LogP contribution in [-0.2, 0) is 0 Å². The van der Waals surface area contributed by atoms with Crippen molar-refractivity contribution in [3.63, 3.8) is 0 Å². The van der Waals surface area contributed by atoms with Crippen molar-refractivity contribution in [2.75, 3.05) is 23.3 Å². The highest BCUT2D eigenvalue weighted by molar-refractivity contribution is 5.86. The first-order chi connectivity index (χ1) is 12.2. The Labute approximate surface area is 145 Å². The Morgan fingerprint density at radius 1 is 0.880 bits per heavy atom. The normalized spacial score (nSPS) is 10.2. The van der Waals surface area contributed by atoms with Gasteiger partial charge in [0.1, 0.15) is 5.75 Å². The summed E-state index contributed by atoms with van der Waals surface area (Å²) in [7, 11) is 1.60. The molecule has 0 aliphatic heterocycles. The van der Waals surface area contributed by atoms with Crippen LogP contribution >= 0.6 is 0 Å². The van der Waals surface area contributed by atoms with Crippen molar-refractivity contribution in [1.82, 2.24) is 9.97 Å². The first-order valence-electron chi connectivity index (χ1n) is 7.57. The van der Waals surface area contributed by atoms with E-state index < -0.39 is 0 Å². The first kappa shape index (κ1) is 16.5. The van der Waals surface area contributed by atoms with Gasteiger partial charge >= 0.3 is 0 Å². The molecule has 3 aromatic rings. The van der Waals surface area contributed by atoms with E-state index in [1.165, 1.54) is 0 Å². The van der Waals surface area contributed by atoms with E-state index in [4.69, 9.17) is 16.4 Å². The molecule has 128 valence electrons. The molecular weight excluding hydrogens is 318 g/mol.